The van der Waals surface area contributed by atoms with Crippen molar-refractivity contribution in [2.24, 2.45) is 0 Å². The van der Waals surface area contributed by atoms with E-state index in [4.69, 9.17) is 17.3 Å². The first kappa shape index (κ1) is 13.3. The van der Waals surface area contributed by atoms with E-state index in [0.29, 0.717) is 10.7 Å². The van der Waals surface area contributed by atoms with Crippen LogP contribution in [0.4, 0.5) is 5.69 Å². The van der Waals surface area contributed by atoms with Gasteiger partial charge in [-0.1, -0.05) is 43.7 Å². The van der Waals surface area contributed by atoms with E-state index in [9.17, 15) is 0 Å². The van der Waals surface area contributed by atoms with Gasteiger partial charge in [-0.25, -0.2) is 0 Å². The molecule has 0 aliphatic carbocycles. The minimum absolute atomic E-state index is 0.120. The van der Waals surface area contributed by atoms with E-state index in [-0.39, 0.29) is 5.41 Å². The number of hydrogen-bond acceptors (Lipinski definition) is 5. The van der Waals surface area contributed by atoms with Gasteiger partial charge in [0.1, 0.15) is 5.01 Å². The molecule has 2 heterocycles. The molecule has 2 aromatic heterocycles. The summed E-state index contributed by atoms with van der Waals surface area (Å²) in [5, 5.41) is 14.4. The number of nitrogen functional groups attached to an aromatic ring is 1. The quantitative estimate of drug-likeness (QED) is 0.700. The highest BCUT2D eigenvalue weighted by Gasteiger charge is 2.23. The standard InChI is InChI=1S/C13H14ClN5S/c1-13(2,3)11-16-17-12-19(11)18-10(20-12)8-6-7(14)4-5-9(8)15/h4-6H,15H2,1-3H3. The van der Waals surface area contributed by atoms with E-state index in [1.54, 1.807) is 16.6 Å². The number of halogens is 1. The van der Waals surface area contributed by atoms with Gasteiger partial charge in [0.2, 0.25) is 4.96 Å². The molecule has 0 atom stereocenters. The molecule has 104 valence electrons. The third-order valence-electron chi connectivity index (χ3n) is 2.91. The van der Waals surface area contributed by atoms with Gasteiger partial charge in [-0.2, -0.15) is 9.61 Å². The van der Waals surface area contributed by atoms with Gasteiger partial charge in [0.25, 0.3) is 0 Å². The summed E-state index contributed by atoms with van der Waals surface area (Å²) in [6, 6.07) is 5.37. The van der Waals surface area contributed by atoms with Crippen LogP contribution in [0.15, 0.2) is 18.2 Å². The van der Waals surface area contributed by atoms with Crippen LogP contribution < -0.4 is 5.73 Å². The molecule has 0 spiro atoms. The SMILES string of the molecule is CC(C)(C)c1nnc2sc(-c3cc(Cl)ccc3N)nn12. The number of nitrogens with zero attached hydrogens (tertiary/aromatic N) is 4. The average molecular weight is 308 g/mol. The highest BCUT2D eigenvalue weighted by Crippen LogP contribution is 2.33. The Labute approximate surface area is 125 Å². The second-order valence-corrected chi connectivity index (χ2v) is 7.00. The molecule has 5 nitrogen and oxygen atoms in total. The Morgan fingerprint density at radius 1 is 1.25 bits per heavy atom. The van der Waals surface area contributed by atoms with Gasteiger partial charge in [0.05, 0.1) is 0 Å². The molecule has 0 amide bonds. The summed E-state index contributed by atoms with van der Waals surface area (Å²) in [6.45, 7) is 6.24. The minimum atomic E-state index is -0.120. The predicted octanol–water partition coefficient (Wildman–Crippen LogP) is 3.39. The van der Waals surface area contributed by atoms with E-state index in [2.05, 4.69) is 36.1 Å². The lowest BCUT2D eigenvalue weighted by Gasteiger charge is -2.13. The van der Waals surface area contributed by atoms with E-state index < -0.39 is 0 Å². The first-order valence-electron chi connectivity index (χ1n) is 6.14. The van der Waals surface area contributed by atoms with Crippen molar-refractivity contribution in [3.63, 3.8) is 0 Å². The van der Waals surface area contributed by atoms with Crippen LogP contribution in [0.1, 0.15) is 26.6 Å². The monoisotopic (exact) mass is 307 g/mol. The second kappa shape index (κ2) is 4.43. The summed E-state index contributed by atoms with van der Waals surface area (Å²) in [6.07, 6.45) is 0. The Bertz CT molecular complexity index is 784. The van der Waals surface area contributed by atoms with Crippen LogP contribution in [0.5, 0.6) is 0 Å². The van der Waals surface area contributed by atoms with E-state index in [0.717, 1.165) is 21.4 Å². The summed E-state index contributed by atoms with van der Waals surface area (Å²) >= 11 is 7.48. The Morgan fingerprint density at radius 2 is 2.00 bits per heavy atom. The Kier molecular flexibility index (Phi) is 2.95. The lowest BCUT2D eigenvalue weighted by atomic mass is 9.96. The molecular formula is C13H14ClN5S. The molecule has 7 heteroatoms. The van der Waals surface area contributed by atoms with Crippen molar-refractivity contribution >= 4 is 33.6 Å². The fourth-order valence-corrected chi connectivity index (χ4v) is 2.96. The largest absolute Gasteiger partial charge is 0.398 e. The number of hydrogen-bond donors (Lipinski definition) is 1. The first-order chi connectivity index (χ1) is 9.36. The molecule has 3 aromatic rings. The van der Waals surface area contributed by atoms with Gasteiger partial charge in [-0.05, 0) is 18.2 Å². The number of aromatic nitrogens is 4. The number of anilines is 1. The molecule has 0 aliphatic heterocycles. The minimum Gasteiger partial charge on any atom is -0.398 e. The van der Waals surface area contributed by atoms with Crippen LogP contribution in [0, 0.1) is 0 Å². The molecule has 0 fully saturated rings. The number of nitrogens with two attached hydrogens (primary N) is 1. The molecule has 2 N–H and O–H groups in total. The molecule has 0 aliphatic rings. The summed E-state index contributed by atoms with van der Waals surface area (Å²) in [5.41, 5.74) is 7.35. The normalized spacial score (nSPS) is 12.2. The maximum atomic E-state index is 6.03. The third-order valence-corrected chi connectivity index (χ3v) is 4.07. The molecule has 0 unspecified atom stereocenters. The molecule has 0 radical (unpaired) electrons. The zero-order chi connectivity index (χ0) is 14.5. The van der Waals surface area contributed by atoms with Crippen LogP contribution in [0.2, 0.25) is 5.02 Å². The smallest absolute Gasteiger partial charge is 0.235 e. The molecule has 20 heavy (non-hydrogen) atoms. The van der Waals surface area contributed by atoms with Crippen LogP contribution in [-0.4, -0.2) is 19.8 Å². The van der Waals surface area contributed by atoms with Crippen molar-refractivity contribution in [3.05, 3.63) is 29.0 Å². The zero-order valence-corrected chi connectivity index (χ0v) is 13.0. The molecule has 0 bridgehead atoms. The first-order valence-corrected chi connectivity index (χ1v) is 7.34. The van der Waals surface area contributed by atoms with Crippen molar-refractivity contribution in [3.8, 4) is 10.6 Å². The summed E-state index contributed by atoms with van der Waals surface area (Å²) in [4.78, 5) is 0.754. The molecule has 0 saturated carbocycles. The molecule has 0 saturated heterocycles. The maximum absolute atomic E-state index is 6.03. The van der Waals surface area contributed by atoms with Crippen LogP contribution in [-0.2, 0) is 5.41 Å². The number of benzene rings is 1. The summed E-state index contributed by atoms with van der Waals surface area (Å²) in [5.74, 6) is 0.829. The summed E-state index contributed by atoms with van der Waals surface area (Å²) in [7, 11) is 0. The number of rotatable bonds is 1. The fourth-order valence-electron chi connectivity index (χ4n) is 1.91. The maximum Gasteiger partial charge on any atom is 0.235 e. The topological polar surface area (TPSA) is 69.1 Å². The van der Waals surface area contributed by atoms with Gasteiger partial charge in [-0.3, -0.25) is 0 Å². The Morgan fingerprint density at radius 3 is 2.70 bits per heavy atom. The predicted molar refractivity (Wildman–Crippen MR) is 82.2 cm³/mol. The molecular weight excluding hydrogens is 294 g/mol. The second-order valence-electron chi connectivity index (χ2n) is 5.61. The highest BCUT2D eigenvalue weighted by molar-refractivity contribution is 7.19. The van der Waals surface area contributed by atoms with Gasteiger partial charge in [0, 0.05) is 21.7 Å². The van der Waals surface area contributed by atoms with Gasteiger partial charge < -0.3 is 5.73 Å². The Balaban J connectivity index is 2.19. The summed E-state index contributed by atoms with van der Waals surface area (Å²) < 4.78 is 1.78. The van der Waals surface area contributed by atoms with Crippen molar-refractivity contribution in [2.75, 3.05) is 5.73 Å². The van der Waals surface area contributed by atoms with Gasteiger partial charge >= 0.3 is 0 Å². The third kappa shape index (κ3) is 2.14. The van der Waals surface area contributed by atoms with Crippen molar-refractivity contribution < 1.29 is 0 Å². The number of fused-ring (bicyclic) bond motifs is 1. The van der Waals surface area contributed by atoms with Crippen LogP contribution in [0.25, 0.3) is 15.5 Å². The Hall–Kier alpha value is -1.66. The van der Waals surface area contributed by atoms with Crippen molar-refractivity contribution in [1.29, 1.82) is 0 Å². The molecule has 1 aromatic carbocycles. The van der Waals surface area contributed by atoms with E-state index >= 15 is 0 Å². The zero-order valence-electron chi connectivity index (χ0n) is 11.4. The molecule has 3 rings (SSSR count). The average Bonchev–Trinajstić information content (AvgIpc) is 2.89. The van der Waals surface area contributed by atoms with Crippen LogP contribution in [0.3, 0.4) is 0 Å². The lowest BCUT2D eigenvalue weighted by molar-refractivity contribution is 0.528. The van der Waals surface area contributed by atoms with E-state index in [1.165, 1.54) is 11.3 Å². The fraction of sp³-hybridized carbons (Fsp3) is 0.308. The lowest BCUT2D eigenvalue weighted by Crippen LogP contribution is -2.16. The van der Waals surface area contributed by atoms with Crippen molar-refractivity contribution in [2.45, 2.75) is 26.2 Å². The highest BCUT2D eigenvalue weighted by atomic mass is 35.5. The van der Waals surface area contributed by atoms with E-state index in [1.807, 2.05) is 6.07 Å². The van der Waals surface area contributed by atoms with Gasteiger partial charge in [0.15, 0.2) is 5.82 Å². The van der Waals surface area contributed by atoms with Crippen molar-refractivity contribution in [1.82, 2.24) is 19.8 Å². The van der Waals surface area contributed by atoms with Gasteiger partial charge in [-0.15, -0.1) is 10.2 Å². The van der Waals surface area contributed by atoms with Crippen LogP contribution >= 0.6 is 22.9 Å².